The van der Waals surface area contributed by atoms with Crippen molar-refractivity contribution in [3.05, 3.63) is 51.7 Å². The molecule has 94 valence electrons. The van der Waals surface area contributed by atoms with Gasteiger partial charge in [0.2, 0.25) is 5.89 Å². The van der Waals surface area contributed by atoms with Crippen LogP contribution in [0.4, 0.5) is 11.4 Å². The van der Waals surface area contributed by atoms with Gasteiger partial charge in [-0.05, 0) is 19.9 Å². The summed E-state index contributed by atoms with van der Waals surface area (Å²) in [5, 5.41) is 14.0. The summed E-state index contributed by atoms with van der Waals surface area (Å²) < 4.78 is 5.29. The van der Waals surface area contributed by atoms with Gasteiger partial charge < -0.3 is 9.73 Å². The van der Waals surface area contributed by atoms with Crippen LogP contribution in [-0.2, 0) is 6.54 Å². The Morgan fingerprint density at radius 1 is 1.44 bits per heavy atom. The Labute approximate surface area is 104 Å². The fourth-order valence-electron chi connectivity index (χ4n) is 1.70. The van der Waals surface area contributed by atoms with E-state index in [1.54, 1.807) is 38.2 Å². The number of hydrogen-bond donors (Lipinski definition) is 1. The van der Waals surface area contributed by atoms with Gasteiger partial charge in [0.1, 0.15) is 11.4 Å². The van der Waals surface area contributed by atoms with E-state index in [1.807, 2.05) is 0 Å². The van der Waals surface area contributed by atoms with E-state index >= 15 is 0 Å². The molecule has 1 heterocycles. The topological polar surface area (TPSA) is 81.2 Å². The van der Waals surface area contributed by atoms with Gasteiger partial charge in [-0.25, -0.2) is 4.98 Å². The lowest BCUT2D eigenvalue weighted by Crippen LogP contribution is -2.03. The van der Waals surface area contributed by atoms with Gasteiger partial charge in [0.15, 0.2) is 0 Å². The zero-order chi connectivity index (χ0) is 13.1. The van der Waals surface area contributed by atoms with Crippen molar-refractivity contribution in [3.8, 4) is 0 Å². The normalized spacial score (nSPS) is 10.3. The second kappa shape index (κ2) is 4.87. The smallest absolute Gasteiger partial charge is 0.295 e. The highest BCUT2D eigenvalue weighted by Crippen LogP contribution is 2.28. The molecule has 0 spiro atoms. The van der Waals surface area contributed by atoms with Crippen LogP contribution in [0, 0.1) is 24.0 Å². The van der Waals surface area contributed by atoms with Crippen molar-refractivity contribution in [2.24, 2.45) is 0 Å². The van der Waals surface area contributed by atoms with Gasteiger partial charge in [0.05, 0.1) is 17.7 Å². The van der Waals surface area contributed by atoms with Crippen LogP contribution < -0.4 is 5.32 Å². The summed E-state index contributed by atoms with van der Waals surface area (Å²) in [5.74, 6) is 1.22. The molecule has 6 nitrogen and oxygen atoms in total. The molecule has 1 aromatic heterocycles. The molecule has 0 saturated carbocycles. The molecule has 0 fully saturated rings. The monoisotopic (exact) mass is 247 g/mol. The van der Waals surface area contributed by atoms with Crippen molar-refractivity contribution in [1.29, 1.82) is 0 Å². The molecule has 18 heavy (non-hydrogen) atoms. The van der Waals surface area contributed by atoms with Crippen LogP contribution in [0.3, 0.4) is 0 Å². The first-order valence-electron chi connectivity index (χ1n) is 5.47. The molecule has 0 saturated heterocycles. The van der Waals surface area contributed by atoms with Gasteiger partial charge in [-0.2, -0.15) is 0 Å². The van der Waals surface area contributed by atoms with Crippen LogP contribution >= 0.6 is 0 Å². The Balaban J connectivity index is 2.19. The van der Waals surface area contributed by atoms with E-state index < -0.39 is 4.92 Å². The summed E-state index contributed by atoms with van der Waals surface area (Å²) in [6.07, 6.45) is 1.61. The van der Waals surface area contributed by atoms with Crippen molar-refractivity contribution in [3.63, 3.8) is 0 Å². The van der Waals surface area contributed by atoms with Gasteiger partial charge in [0, 0.05) is 5.56 Å². The molecule has 0 unspecified atom stereocenters. The number of aromatic nitrogens is 1. The molecule has 2 rings (SSSR count). The zero-order valence-corrected chi connectivity index (χ0v) is 10.1. The predicted molar refractivity (Wildman–Crippen MR) is 66.4 cm³/mol. The third-order valence-electron chi connectivity index (χ3n) is 2.52. The number of rotatable bonds is 4. The first-order valence-corrected chi connectivity index (χ1v) is 5.47. The van der Waals surface area contributed by atoms with Crippen molar-refractivity contribution in [1.82, 2.24) is 4.98 Å². The second-order valence-electron chi connectivity index (χ2n) is 3.95. The molecule has 0 amide bonds. The van der Waals surface area contributed by atoms with Gasteiger partial charge in [-0.3, -0.25) is 10.1 Å². The average molecular weight is 247 g/mol. The maximum atomic E-state index is 11.0. The number of nitrogens with one attached hydrogen (secondary N) is 1. The van der Waals surface area contributed by atoms with Gasteiger partial charge in [0.25, 0.3) is 5.69 Å². The maximum Gasteiger partial charge on any atom is 0.295 e. The molecule has 0 bridgehead atoms. The average Bonchev–Trinajstić information content (AvgIpc) is 2.72. The highest BCUT2D eigenvalue weighted by molar-refractivity contribution is 5.64. The fourth-order valence-corrected chi connectivity index (χ4v) is 1.70. The van der Waals surface area contributed by atoms with E-state index in [0.29, 0.717) is 29.4 Å². The molecule has 0 radical (unpaired) electrons. The zero-order valence-electron chi connectivity index (χ0n) is 10.1. The van der Waals surface area contributed by atoms with Crippen molar-refractivity contribution < 1.29 is 9.34 Å². The van der Waals surface area contributed by atoms with E-state index in [-0.39, 0.29) is 5.69 Å². The van der Waals surface area contributed by atoms with E-state index in [0.717, 1.165) is 0 Å². The molecule has 0 aliphatic rings. The van der Waals surface area contributed by atoms with Crippen LogP contribution in [-0.4, -0.2) is 9.91 Å². The molecular formula is C12H13N3O3. The standard InChI is InChI=1S/C12H13N3O3/c1-8-4-3-5-10(12(8)15(16)17)13-7-11-14-6-9(2)18-11/h3-6,13H,7H2,1-2H3. The fraction of sp³-hybridized carbons (Fsp3) is 0.250. The number of nitrogens with zero attached hydrogens (tertiary/aromatic N) is 2. The summed E-state index contributed by atoms with van der Waals surface area (Å²) >= 11 is 0. The first-order chi connectivity index (χ1) is 8.58. The van der Waals surface area contributed by atoms with Crippen LogP contribution in [0.2, 0.25) is 0 Å². The Kier molecular flexibility index (Phi) is 3.27. The van der Waals surface area contributed by atoms with E-state index in [9.17, 15) is 10.1 Å². The number of nitro benzene ring substituents is 1. The highest BCUT2D eigenvalue weighted by Gasteiger charge is 2.16. The Morgan fingerprint density at radius 3 is 2.83 bits per heavy atom. The Morgan fingerprint density at radius 2 is 2.22 bits per heavy atom. The van der Waals surface area contributed by atoms with E-state index in [1.165, 1.54) is 0 Å². The Hall–Kier alpha value is -2.37. The summed E-state index contributed by atoms with van der Waals surface area (Å²) in [7, 11) is 0. The molecule has 1 N–H and O–H groups in total. The van der Waals surface area contributed by atoms with Gasteiger partial charge in [-0.15, -0.1) is 0 Å². The largest absolute Gasteiger partial charge is 0.444 e. The molecule has 1 aromatic carbocycles. The summed E-state index contributed by atoms with van der Waals surface area (Å²) in [4.78, 5) is 14.6. The lowest BCUT2D eigenvalue weighted by Gasteiger charge is -2.06. The van der Waals surface area contributed by atoms with Gasteiger partial charge in [-0.1, -0.05) is 12.1 Å². The quantitative estimate of drug-likeness (QED) is 0.663. The predicted octanol–water partition coefficient (Wildman–Crippen LogP) is 2.81. The van der Waals surface area contributed by atoms with Crippen LogP contribution in [0.1, 0.15) is 17.2 Å². The minimum absolute atomic E-state index is 0.0841. The number of aryl methyl sites for hydroxylation is 2. The lowest BCUT2D eigenvalue weighted by molar-refractivity contribution is -0.384. The molecule has 6 heteroatoms. The van der Waals surface area contributed by atoms with Crippen LogP contribution in [0.5, 0.6) is 0 Å². The van der Waals surface area contributed by atoms with Crippen molar-refractivity contribution >= 4 is 11.4 Å². The third kappa shape index (κ3) is 2.48. The number of para-hydroxylation sites is 1. The maximum absolute atomic E-state index is 11.0. The molecule has 0 aliphatic carbocycles. The minimum atomic E-state index is -0.390. The molecule has 0 atom stereocenters. The number of anilines is 1. The van der Waals surface area contributed by atoms with Crippen LogP contribution in [0.25, 0.3) is 0 Å². The van der Waals surface area contributed by atoms with Crippen LogP contribution in [0.15, 0.2) is 28.8 Å². The van der Waals surface area contributed by atoms with E-state index in [4.69, 9.17) is 4.42 Å². The summed E-state index contributed by atoms with van der Waals surface area (Å²) in [6.45, 7) is 3.82. The number of oxazole rings is 1. The SMILES string of the molecule is Cc1cnc(CNc2cccc(C)c2[N+](=O)[O-])o1. The Bertz CT molecular complexity index is 578. The number of benzene rings is 1. The molecule has 0 aliphatic heterocycles. The number of nitro groups is 1. The van der Waals surface area contributed by atoms with Gasteiger partial charge >= 0.3 is 0 Å². The third-order valence-corrected chi connectivity index (χ3v) is 2.52. The van der Waals surface area contributed by atoms with E-state index in [2.05, 4.69) is 10.3 Å². The molecular weight excluding hydrogens is 234 g/mol. The minimum Gasteiger partial charge on any atom is -0.444 e. The van der Waals surface area contributed by atoms with Crippen molar-refractivity contribution in [2.75, 3.05) is 5.32 Å². The number of hydrogen-bond acceptors (Lipinski definition) is 5. The highest BCUT2D eigenvalue weighted by atomic mass is 16.6. The molecule has 2 aromatic rings. The lowest BCUT2D eigenvalue weighted by atomic mass is 10.1. The first kappa shape index (κ1) is 12.1. The van der Waals surface area contributed by atoms with Crippen molar-refractivity contribution in [2.45, 2.75) is 20.4 Å². The second-order valence-corrected chi connectivity index (χ2v) is 3.95. The summed E-state index contributed by atoms with van der Waals surface area (Å²) in [6, 6.07) is 5.14. The summed E-state index contributed by atoms with van der Waals surface area (Å²) in [5.41, 5.74) is 1.17.